The maximum atomic E-state index is 13.4. The molecule has 1 amide bonds. The predicted octanol–water partition coefficient (Wildman–Crippen LogP) is 4.47. The first kappa shape index (κ1) is 23.7. The summed E-state index contributed by atoms with van der Waals surface area (Å²) < 4.78 is 6.47. The third kappa shape index (κ3) is 3.66. The van der Waals surface area contributed by atoms with Crippen molar-refractivity contribution in [2.45, 2.75) is 19.9 Å². The molecule has 4 aromatic rings. The molecule has 1 fully saturated rings. The van der Waals surface area contributed by atoms with Gasteiger partial charge < -0.3 is 9.84 Å². The Morgan fingerprint density at radius 2 is 1.81 bits per heavy atom. The minimum atomic E-state index is -1.02. The number of aryl methyl sites for hydroxylation is 2. The number of carbonyl (C=O) groups is 3. The van der Waals surface area contributed by atoms with E-state index in [-0.39, 0.29) is 21.3 Å². The summed E-state index contributed by atoms with van der Waals surface area (Å²) in [5.74, 6) is -2.73. The van der Waals surface area contributed by atoms with Crippen molar-refractivity contribution in [1.82, 2.24) is 14.4 Å². The number of pyridine rings is 1. The number of carbonyl (C=O) groups excluding carboxylic acids is 3. The van der Waals surface area contributed by atoms with Crippen molar-refractivity contribution in [2.24, 2.45) is 0 Å². The number of amides is 1. The molecule has 1 aliphatic rings. The van der Waals surface area contributed by atoms with E-state index in [9.17, 15) is 19.5 Å². The van der Waals surface area contributed by atoms with Crippen molar-refractivity contribution in [1.29, 1.82) is 0 Å². The Balaban J connectivity index is 1.76. The molecule has 36 heavy (non-hydrogen) atoms. The Morgan fingerprint density at radius 3 is 2.50 bits per heavy atom. The van der Waals surface area contributed by atoms with Crippen LogP contribution < -0.4 is 4.90 Å². The highest BCUT2D eigenvalue weighted by Crippen LogP contribution is 2.44. The first-order chi connectivity index (χ1) is 17.2. The SMILES string of the molecule is COC(=O)c1sc(N2C(=O)C(=O)/C(=C(/O)c3c(C)nc4ccccn34)C2c2ccc(Cl)cc2)nc1C. The summed E-state index contributed by atoms with van der Waals surface area (Å²) >= 11 is 7.02. The van der Waals surface area contributed by atoms with E-state index in [0.717, 1.165) is 11.3 Å². The van der Waals surface area contributed by atoms with Crippen LogP contribution in [0.15, 0.2) is 54.2 Å². The Hall–Kier alpha value is -4.02. The number of ether oxygens (including phenoxy) is 1. The van der Waals surface area contributed by atoms with Gasteiger partial charge in [-0.1, -0.05) is 41.1 Å². The minimum Gasteiger partial charge on any atom is -0.505 e. The van der Waals surface area contributed by atoms with Gasteiger partial charge in [0.1, 0.15) is 16.2 Å². The molecule has 1 aliphatic heterocycles. The average Bonchev–Trinajstić information content (AvgIpc) is 3.49. The smallest absolute Gasteiger partial charge is 0.350 e. The number of anilines is 1. The summed E-state index contributed by atoms with van der Waals surface area (Å²) in [6, 6.07) is 10.9. The van der Waals surface area contributed by atoms with Crippen molar-refractivity contribution < 1.29 is 24.2 Å². The number of imidazole rings is 1. The summed E-state index contributed by atoms with van der Waals surface area (Å²) in [6.45, 7) is 3.32. The van der Waals surface area contributed by atoms with E-state index in [0.29, 0.717) is 33.3 Å². The van der Waals surface area contributed by atoms with Crippen molar-refractivity contribution in [3.05, 3.63) is 86.8 Å². The molecule has 3 aromatic heterocycles. The van der Waals surface area contributed by atoms with E-state index in [1.165, 1.54) is 12.0 Å². The molecule has 0 bridgehead atoms. The molecule has 11 heteroatoms. The molecule has 0 spiro atoms. The number of aliphatic hydroxyl groups is 1. The minimum absolute atomic E-state index is 0.122. The summed E-state index contributed by atoms with van der Waals surface area (Å²) in [5, 5.41) is 12.1. The lowest BCUT2D eigenvalue weighted by Crippen LogP contribution is -2.29. The molecule has 1 N–H and O–H groups in total. The van der Waals surface area contributed by atoms with E-state index in [1.807, 2.05) is 6.07 Å². The Morgan fingerprint density at radius 1 is 1.08 bits per heavy atom. The monoisotopic (exact) mass is 522 g/mol. The number of Topliss-reactive ketones (excluding diaryl/α,β-unsaturated/α-hetero) is 1. The number of benzene rings is 1. The largest absolute Gasteiger partial charge is 0.505 e. The van der Waals surface area contributed by atoms with Gasteiger partial charge >= 0.3 is 11.9 Å². The first-order valence-electron chi connectivity index (χ1n) is 10.8. The molecule has 1 saturated heterocycles. The van der Waals surface area contributed by atoms with Gasteiger partial charge in [-0.25, -0.2) is 14.8 Å². The Bertz CT molecular complexity index is 1590. The van der Waals surface area contributed by atoms with E-state index in [4.69, 9.17) is 16.3 Å². The Labute approximate surface area is 214 Å². The lowest BCUT2D eigenvalue weighted by atomic mass is 9.96. The van der Waals surface area contributed by atoms with Crippen LogP contribution in [0.4, 0.5) is 5.13 Å². The van der Waals surface area contributed by atoms with E-state index < -0.39 is 23.7 Å². The topological polar surface area (TPSA) is 114 Å². The molecule has 5 rings (SSSR count). The van der Waals surface area contributed by atoms with Crippen LogP contribution in [0.5, 0.6) is 0 Å². The molecule has 0 saturated carbocycles. The third-order valence-electron chi connectivity index (χ3n) is 5.92. The molecular formula is C25H19ClN4O5S. The zero-order valence-corrected chi connectivity index (χ0v) is 20.9. The lowest BCUT2D eigenvalue weighted by molar-refractivity contribution is -0.132. The van der Waals surface area contributed by atoms with Crippen LogP contribution >= 0.6 is 22.9 Å². The summed E-state index contributed by atoms with van der Waals surface area (Å²) in [7, 11) is 1.25. The first-order valence-corrected chi connectivity index (χ1v) is 12.0. The van der Waals surface area contributed by atoms with Crippen LogP contribution in [0.2, 0.25) is 5.02 Å². The zero-order chi connectivity index (χ0) is 25.7. The van der Waals surface area contributed by atoms with Gasteiger partial charge in [0.25, 0.3) is 5.78 Å². The van der Waals surface area contributed by atoms with Crippen LogP contribution in [0.1, 0.15) is 38.4 Å². The third-order valence-corrected chi connectivity index (χ3v) is 7.31. The van der Waals surface area contributed by atoms with Gasteiger partial charge in [-0.15, -0.1) is 0 Å². The van der Waals surface area contributed by atoms with E-state index in [2.05, 4.69) is 9.97 Å². The lowest BCUT2D eigenvalue weighted by Gasteiger charge is -2.23. The molecule has 4 heterocycles. The number of ketones is 1. The summed E-state index contributed by atoms with van der Waals surface area (Å²) in [6.07, 6.45) is 1.71. The fourth-order valence-electron chi connectivity index (χ4n) is 4.28. The fourth-order valence-corrected chi connectivity index (χ4v) is 5.42. The number of thiazole rings is 1. The second-order valence-electron chi connectivity index (χ2n) is 8.10. The van der Waals surface area contributed by atoms with Gasteiger partial charge in [-0.3, -0.25) is 18.9 Å². The van der Waals surface area contributed by atoms with Crippen LogP contribution in [0.3, 0.4) is 0 Å². The predicted molar refractivity (Wildman–Crippen MR) is 134 cm³/mol. The number of rotatable bonds is 4. The van der Waals surface area contributed by atoms with Crippen LogP contribution in [0, 0.1) is 13.8 Å². The number of esters is 1. The van der Waals surface area contributed by atoms with Crippen molar-refractivity contribution in [3.8, 4) is 0 Å². The van der Waals surface area contributed by atoms with Crippen molar-refractivity contribution in [2.75, 3.05) is 12.0 Å². The number of aromatic nitrogens is 3. The molecule has 0 aliphatic carbocycles. The van der Waals surface area contributed by atoms with E-state index in [1.54, 1.807) is 60.8 Å². The van der Waals surface area contributed by atoms with E-state index >= 15 is 0 Å². The zero-order valence-electron chi connectivity index (χ0n) is 19.4. The molecular weight excluding hydrogens is 504 g/mol. The highest BCUT2D eigenvalue weighted by Gasteiger charge is 2.49. The number of methoxy groups -OCH3 is 1. The molecule has 1 unspecified atom stereocenters. The van der Waals surface area contributed by atoms with Crippen molar-refractivity contribution >= 4 is 57.1 Å². The molecule has 0 radical (unpaired) electrons. The molecule has 1 atom stereocenters. The van der Waals surface area contributed by atoms with Gasteiger partial charge in [-0.05, 0) is 43.7 Å². The summed E-state index contributed by atoms with van der Waals surface area (Å²) in [4.78, 5) is 49.3. The van der Waals surface area contributed by atoms with Gasteiger partial charge in [0.2, 0.25) is 0 Å². The highest BCUT2D eigenvalue weighted by atomic mass is 35.5. The van der Waals surface area contributed by atoms with Crippen LogP contribution in [-0.2, 0) is 14.3 Å². The van der Waals surface area contributed by atoms with Gasteiger partial charge in [0, 0.05) is 11.2 Å². The van der Waals surface area contributed by atoms with Crippen LogP contribution in [0.25, 0.3) is 11.4 Å². The summed E-state index contributed by atoms with van der Waals surface area (Å²) in [5.41, 5.74) is 2.12. The average molecular weight is 523 g/mol. The second-order valence-corrected chi connectivity index (χ2v) is 9.51. The second kappa shape index (κ2) is 8.89. The molecule has 9 nitrogen and oxygen atoms in total. The van der Waals surface area contributed by atoms with Gasteiger partial charge in [0.15, 0.2) is 10.9 Å². The van der Waals surface area contributed by atoms with Gasteiger partial charge in [-0.2, -0.15) is 0 Å². The number of hydrogen-bond donors (Lipinski definition) is 1. The standard InChI is InChI=1S/C25H19ClN4O5S/c1-12-18(29-11-5-4-6-16(29)27-12)20(31)17-19(14-7-9-15(26)10-8-14)30(23(33)21(17)32)25-28-13(2)22(36-25)24(34)35-3/h4-11,19,31H,1-3H3/b20-17+. The number of aliphatic hydroxyl groups excluding tert-OH is 1. The van der Waals surface area contributed by atoms with Crippen molar-refractivity contribution in [3.63, 3.8) is 0 Å². The van der Waals surface area contributed by atoms with Gasteiger partial charge in [0.05, 0.1) is 30.1 Å². The maximum absolute atomic E-state index is 13.4. The molecule has 1 aromatic carbocycles. The number of nitrogens with zero attached hydrogens (tertiary/aromatic N) is 4. The highest BCUT2D eigenvalue weighted by molar-refractivity contribution is 7.17. The molecule has 182 valence electrons. The fraction of sp³-hybridized carbons (Fsp3) is 0.160. The Kier molecular flexibility index (Phi) is 5.85. The normalized spacial score (nSPS) is 17.2. The number of fused-ring (bicyclic) bond motifs is 1. The number of hydrogen-bond acceptors (Lipinski definition) is 8. The maximum Gasteiger partial charge on any atom is 0.350 e. The van der Waals surface area contributed by atoms with Crippen LogP contribution in [-0.4, -0.2) is 44.2 Å². The number of halogens is 1. The quantitative estimate of drug-likeness (QED) is 0.182.